The molecule has 1 heteroatoms. The minimum absolute atomic E-state index is 0.114. The van der Waals surface area contributed by atoms with E-state index in [2.05, 4.69) is 84.9 Å². The maximum atomic E-state index is 6.03. The van der Waals surface area contributed by atoms with E-state index < -0.39 is 0 Å². The highest BCUT2D eigenvalue weighted by molar-refractivity contribution is 5.54. The largest absolute Gasteiger partial charge is 0.399 e. The molecule has 0 aliphatic heterocycles. The SMILES string of the molecule is Nc1ccc(C(c2ccccc2)(c2ccccc2)C2CCCCC2)cc1. The second kappa shape index (κ2) is 7.37. The minimum atomic E-state index is -0.114. The van der Waals surface area contributed by atoms with Gasteiger partial charge in [0.15, 0.2) is 0 Å². The molecule has 0 bridgehead atoms. The quantitative estimate of drug-likeness (QED) is 0.445. The lowest BCUT2D eigenvalue weighted by Crippen LogP contribution is -2.39. The second-order valence-electron chi connectivity index (χ2n) is 7.50. The van der Waals surface area contributed by atoms with E-state index in [1.54, 1.807) is 0 Å². The highest BCUT2D eigenvalue weighted by atomic mass is 14.5. The van der Waals surface area contributed by atoms with Crippen LogP contribution in [-0.4, -0.2) is 0 Å². The van der Waals surface area contributed by atoms with Crippen molar-refractivity contribution in [3.05, 3.63) is 102 Å². The van der Waals surface area contributed by atoms with Gasteiger partial charge in [0, 0.05) is 11.1 Å². The van der Waals surface area contributed by atoms with Crippen LogP contribution < -0.4 is 5.73 Å². The molecule has 4 rings (SSSR count). The van der Waals surface area contributed by atoms with Crippen molar-refractivity contribution in [2.75, 3.05) is 5.73 Å². The van der Waals surface area contributed by atoms with Gasteiger partial charge in [-0.2, -0.15) is 0 Å². The van der Waals surface area contributed by atoms with Crippen molar-refractivity contribution in [3.8, 4) is 0 Å². The topological polar surface area (TPSA) is 26.0 Å². The third kappa shape index (κ3) is 2.92. The summed E-state index contributed by atoms with van der Waals surface area (Å²) in [6, 6.07) is 30.7. The first-order valence-electron chi connectivity index (χ1n) is 9.79. The van der Waals surface area contributed by atoms with Gasteiger partial charge in [-0.1, -0.05) is 92.1 Å². The van der Waals surface area contributed by atoms with Crippen molar-refractivity contribution in [3.63, 3.8) is 0 Å². The Morgan fingerprint density at radius 1 is 0.577 bits per heavy atom. The van der Waals surface area contributed by atoms with Gasteiger partial charge in [-0.25, -0.2) is 0 Å². The zero-order valence-corrected chi connectivity index (χ0v) is 15.3. The lowest BCUT2D eigenvalue weighted by Gasteiger charge is -2.44. The molecular weight excluding hydrogens is 314 g/mol. The fraction of sp³-hybridized carbons (Fsp3) is 0.280. The third-order valence-corrected chi connectivity index (χ3v) is 6.04. The van der Waals surface area contributed by atoms with E-state index in [9.17, 15) is 0 Å². The molecule has 0 heterocycles. The predicted molar refractivity (Wildman–Crippen MR) is 110 cm³/mol. The minimum Gasteiger partial charge on any atom is -0.399 e. The molecule has 0 aromatic heterocycles. The lowest BCUT2D eigenvalue weighted by atomic mass is 9.58. The van der Waals surface area contributed by atoms with Gasteiger partial charge in [-0.05, 0) is 47.6 Å². The molecule has 3 aromatic carbocycles. The standard InChI is InChI=1S/C25H27N/c26-24-18-16-23(17-19-24)25(20-10-4-1-5-11-20,21-12-6-2-7-13-21)22-14-8-3-9-15-22/h1-2,4-7,10-13,16-19,22H,3,8-9,14-15,26H2. The van der Waals surface area contributed by atoms with Crippen molar-refractivity contribution >= 4 is 5.69 Å². The van der Waals surface area contributed by atoms with Crippen LogP contribution in [0.1, 0.15) is 48.8 Å². The Bertz CT molecular complexity index is 776. The van der Waals surface area contributed by atoms with E-state index in [-0.39, 0.29) is 5.41 Å². The van der Waals surface area contributed by atoms with E-state index in [4.69, 9.17) is 5.73 Å². The van der Waals surface area contributed by atoms with Crippen LogP contribution in [-0.2, 0) is 5.41 Å². The van der Waals surface area contributed by atoms with Crippen LogP contribution in [0.3, 0.4) is 0 Å². The van der Waals surface area contributed by atoms with Crippen LogP contribution in [0.15, 0.2) is 84.9 Å². The highest BCUT2D eigenvalue weighted by Gasteiger charge is 2.43. The molecule has 1 fully saturated rings. The van der Waals surface area contributed by atoms with Gasteiger partial charge in [-0.15, -0.1) is 0 Å². The third-order valence-electron chi connectivity index (χ3n) is 6.04. The van der Waals surface area contributed by atoms with Crippen LogP contribution >= 0.6 is 0 Å². The van der Waals surface area contributed by atoms with Gasteiger partial charge in [0.2, 0.25) is 0 Å². The first-order chi connectivity index (χ1) is 12.8. The molecule has 0 spiro atoms. The van der Waals surface area contributed by atoms with Crippen molar-refractivity contribution in [2.24, 2.45) is 5.92 Å². The van der Waals surface area contributed by atoms with Gasteiger partial charge in [0.25, 0.3) is 0 Å². The Morgan fingerprint density at radius 2 is 1.04 bits per heavy atom. The normalized spacial score (nSPS) is 15.7. The Labute approximate surface area is 156 Å². The second-order valence-corrected chi connectivity index (χ2v) is 7.50. The maximum absolute atomic E-state index is 6.03. The van der Waals surface area contributed by atoms with Gasteiger partial charge < -0.3 is 5.73 Å². The summed E-state index contributed by atoms with van der Waals surface area (Å²) in [7, 11) is 0. The molecule has 0 unspecified atom stereocenters. The molecular formula is C25H27N. The molecule has 0 amide bonds. The van der Waals surface area contributed by atoms with Crippen LogP contribution in [0, 0.1) is 5.92 Å². The smallest absolute Gasteiger partial charge is 0.0479 e. The maximum Gasteiger partial charge on any atom is 0.0479 e. The number of hydrogen-bond acceptors (Lipinski definition) is 1. The summed E-state index contributed by atoms with van der Waals surface area (Å²) in [4.78, 5) is 0. The summed E-state index contributed by atoms with van der Waals surface area (Å²) >= 11 is 0. The zero-order valence-electron chi connectivity index (χ0n) is 15.3. The predicted octanol–water partition coefficient (Wildman–Crippen LogP) is 6.18. The number of rotatable bonds is 4. The molecule has 1 aliphatic rings. The van der Waals surface area contributed by atoms with Crippen LogP contribution in [0.5, 0.6) is 0 Å². The summed E-state index contributed by atoms with van der Waals surface area (Å²) in [5.74, 6) is 0.602. The Morgan fingerprint density at radius 3 is 1.54 bits per heavy atom. The number of benzene rings is 3. The molecule has 0 saturated heterocycles. The molecule has 26 heavy (non-hydrogen) atoms. The van der Waals surface area contributed by atoms with E-state index in [0.29, 0.717) is 5.92 Å². The zero-order chi connectivity index (χ0) is 17.8. The number of anilines is 1. The van der Waals surface area contributed by atoms with Crippen molar-refractivity contribution in [1.82, 2.24) is 0 Å². The number of nitrogens with two attached hydrogens (primary N) is 1. The monoisotopic (exact) mass is 341 g/mol. The van der Waals surface area contributed by atoms with Gasteiger partial charge >= 0.3 is 0 Å². The van der Waals surface area contributed by atoms with Gasteiger partial charge in [0.1, 0.15) is 0 Å². The summed E-state index contributed by atoms with van der Waals surface area (Å²) in [5.41, 5.74) is 10.9. The number of hydrogen-bond donors (Lipinski definition) is 1. The molecule has 1 nitrogen and oxygen atoms in total. The Hall–Kier alpha value is -2.54. The Balaban J connectivity index is 2.00. The molecule has 0 atom stereocenters. The summed E-state index contributed by atoms with van der Waals surface area (Å²) < 4.78 is 0. The first-order valence-corrected chi connectivity index (χ1v) is 9.79. The Kier molecular flexibility index (Phi) is 4.79. The lowest BCUT2D eigenvalue weighted by molar-refractivity contribution is 0.271. The highest BCUT2D eigenvalue weighted by Crippen LogP contribution is 2.50. The van der Waals surface area contributed by atoms with Gasteiger partial charge in [-0.3, -0.25) is 0 Å². The average molecular weight is 341 g/mol. The molecule has 1 aliphatic carbocycles. The molecule has 0 radical (unpaired) electrons. The molecule has 132 valence electrons. The van der Waals surface area contributed by atoms with Crippen molar-refractivity contribution in [1.29, 1.82) is 0 Å². The van der Waals surface area contributed by atoms with E-state index in [0.717, 1.165) is 5.69 Å². The van der Waals surface area contributed by atoms with E-state index in [1.807, 2.05) is 0 Å². The van der Waals surface area contributed by atoms with Crippen molar-refractivity contribution < 1.29 is 0 Å². The summed E-state index contributed by atoms with van der Waals surface area (Å²) in [6.45, 7) is 0. The van der Waals surface area contributed by atoms with E-state index >= 15 is 0 Å². The van der Waals surface area contributed by atoms with Crippen LogP contribution in [0.2, 0.25) is 0 Å². The first kappa shape index (κ1) is 16.9. The molecule has 1 saturated carbocycles. The van der Waals surface area contributed by atoms with Crippen LogP contribution in [0.4, 0.5) is 5.69 Å². The molecule has 3 aromatic rings. The summed E-state index contributed by atoms with van der Waals surface area (Å²) in [5, 5.41) is 0. The fourth-order valence-corrected chi connectivity index (χ4v) is 4.89. The molecule has 2 N–H and O–H groups in total. The fourth-order valence-electron chi connectivity index (χ4n) is 4.89. The van der Waals surface area contributed by atoms with Gasteiger partial charge in [0.05, 0.1) is 0 Å². The van der Waals surface area contributed by atoms with Crippen LogP contribution in [0.25, 0.3) is 0 Å². The van der Waals surface area contributed by atoms with E-state index in [1.165, 1.54) is 48.8 Å². The van der Waals surface area contributed by atoms with Crippen molar-refractivity contribution in [2.45, 2.75) is 37.5 Å². The number of nitrogen functional groups attached to an aromatic ring is 1. The summed E-state index contributed by atoms with van der Waals surface area (Å²) in [6.07, 6.45) is 6.54. The average Bonchev–Trinajstić information content (AvgIpc) is 2.72.